The maximum absolute atomic E-state index is 12.4. The van der Waals surface area contributed by atoms with E-state index in [2.05, 4.69) is 21.7 Å². The van der Waals surface area contributed by atoms with Crippen molar-refractivity contribution >= 4 is 11.8 Å². The van der Waals surface area contributed by atoms with E-state index in [1.165, 1.54) is 18.4 Å². The fraction of sp³-hybridized carbons (Fsp3) is 0.348. The maximum Gasteiger partial charge on any atom is 0.270 e. The van der Waals surface area contributed by atoms with Crippen LogP contribution in [0.15, 0.2) is 54.1 Å². The van der Waals surface area contributed by atoms with Gasteiger partial charge in [-0.1, -0.05) is 29.8 Å². The first kappa shape index (κ1) is 20.6. The fourth-order valence-electron chi connectivity index (χ4n) is 3.26. The van der Waals surface area contributed by atoms with E-state index in [0.717, 1.165) is 30.6 Å². The average molecular weight is 393 g/mol. The van der Waals surface area contributed by atoms with Crippen LogP contribution in [0.3, 0.4) is 0 Å². The number of rotatable bonds is 8. The van der Waals surface area contributed by atoms with Crippen molar-refractivity contribution in [1.82, 2.24) is 15.6 Å². The second kappa shape index (κ2) is 10.4. The third-order valence-corrected chi connectivity index (χ3v) is 4.94. The Morgan fingerprint density at radius 2 is 1.72 bits per heavy atom. The van der Waals surface area contributed by atoms with Gasteiger partial charge in [-0.05, 0) is 61.9 Å². The highest BCUT2D eigenvalue weighted by Crippen LogP contribution is 2.19. The maximum atomic E-state index is 12.4. The molecule has 152 valence electrons. The zero-order valence-electron chi connectivity index (χ0n) is 16.7. The fourth-order valence-corrected chi connectivity index (χ4v) is 3.26. The van der Waals surface area contributed by atoms with Gasteiger partial charge in [0.1, 0.15) is 17.1 Å². The smallest absolute Gasteiger partial charge is 0.270 e. The summed E-state index contributed by atoms with van der Waals surface area (Å²) in [5.74, 6) is 0.189. The van der Waals surface area contributed by atoms with Crippen molar-refractivity contribution in [2.45, 2.75) is 38.6 Å². The van der Waals surface area contributed by atoms with E-state index in [1.54, 1.807) is 25.3 Å². The zero-order valence-corrected chi connectivity index (χ0v) is 16.7. The summed E-state index contributed by atoms with van der Waals surface area (Å²) >= 11 is 0. The second-order valence-corrected chi connectivity index (χ2v) is 7.05. The Bertz CT molecular complexity index is 875. The minimum absolute atomic E-state index is 0.223. The molecule has 0 spiro atoms. The number of aromatic nitrogens is 1. The zero-order chi connectivity index (χ0) is 20.5. The second-order valence-electron chi connectivity index (χ2n) is 7.05. The summed E-state index contributed by atoms with van der Waals surface area (Å²) in [5, 5.41) is 5.72. The van der Waals surface area contributed by atoms with Gasteiger partial charge in [0.15, 0.2) is 0 Å². The largest absolute Gasteiger partial charge is 0.497 e. The number of benzene rings is 1. The molecule has 0 unspecified atom stereocenters. The van der Waals surface area contributed by atoms with Crippen molar-refractivity contribution in [3.8, 4) is 5.75 Å². The summed E-state index contributed by atoms with van der Waals surface area (Å²) in [5.41, 5.74) is 2.84. The van der Waals surface area contributed by atoms with Gasteiger partial charge in [0.25, 0.3) is 11.8 Å². The molecule has 1 heterocycles. The molecule has 2 aromatic rings. The Kier molecular flexibility index (Phi) is 7.39. The lowest BCUT2D eigenvalue weighted by Crippen LogP contribution is -2.28. The van der Waals surface area contributed by atoms with Crippen molar-refractivity contribution in [2.75, 3.05) is 13.7 Å². The SMILES string of the molecule is COc1ccc(CNC(=O)c2cccc(C(=O)NCCC3=CCCCC3)n2)cc1. The quantitative estimate of drug-likeness (QED) is 0.671. The van der Waals surface area contributed by atoms with E-state index in [0.29, 0.717) is 13.1 Å². The monoisotopic (exact) mass is 393 g/mol. The molecule has 0 bridgehead atoms. The van der Waals surface area contributed by atoms with E-state index in [9.17, 15) is 9.59 Å². The van der Waals surface area contributed by atoms with Gasteiger partial charge >= 0.3 is 0 Å². The molecule has 1 aromatic heterocycles. The first-order chi connectivity index (χ1) is 14.2. The number of hydrogen-bond donors (Lipinski definition) is 2. The van der Waals surface area contributed by atoms with Gasteiger partial charge in [0.2, 0.25) is 0 Å². The Labute approximate surface area is 171 Å². The van der Waals surface area contributed by atoms with Crippen LogP contribution in [0.5, 0.6) is 5.75 Å². The number of methoxy groups -OCH3 is 1. The topological polar surface area (TPSA) is 80.3 Å². The number of allylic oxidation sites excluding steroid dienone is 1. The Morgan fingerprint density at radius 3 is 2.38 bits per heavy atom. The van der Waals surface area contributed by atoms with Crippen molar-refractivity contribution in [3.63, 3.8) is 0 Å². The summed E-state index contributed by atoms with van der Waals surface area (Å²) in [7, 11) is 1.61. The first-order valence-corrected chi connectivity index (χ1v) is 10.00. The van der Waals surface area contributed by atoms with Crippen molar-refractivity contribution in [3.05, 3.63) is 71.1 Å². The molecule has 29 heavy (non-hydrogen) atoms. The number of nitrogens with zero attached hydrogens (tertiary/aromatic N) is 1. The molecule has 0 fully saturated rings. The molecule has 1 aliphatic rings. The number of carbonyl (C=O) groups is 2. The number of pyridine rings is 1. The summed E-state index contributed by atoms with van der Waals surface area (Å²) in [6.07, 6.45) is 7.90. The molecule has 1 aliphatic carbocycles. The third kappa shape index (κ3) is 6.17. The van der Waals surface area contributed by atoms with Crippen LogP contribution in [0, 0.1) is 0 Å². The van der Waals surface area contributed by atoms with E-state index >= 15 is 0 Å². The summed E-state index contributed by atoms with van der Waals surface area (Å²) in [4.78, 5) is 29.0. The summed E-state index contributed by atoms with van der Waals surface area (Å²) < 4.78 is 5.12. The van der Waals surface area contributed by atoms with E-state index in [1.807, 2.05) is 24.3 Å². The normalized spacial score (nSPS) is 13.3. The predicted molar refractivity (Wildman–Crippen MR) is 112 cm³/mol. The molecule has 2 N–H and O–H groups in total. The average Bonchev–Trinajstić information content (AvgIpc) is 2.78. The van der Waals surface area contributed by atoms with Gasteiger partial charge in [-0.25, -0.2) is 4.98 Å². The molecule has 6 nitrogen and oxygen atoms in total. The van der Waals surface area contributed by atoms with Gasteiger partial charge in [-0.2, -0.15) is 0 Å². The standard InChI is InChI=1S/C23H27N3O3/c1-29-19-12-10-18(11-13-19)16-25-23(28)21-9-5-8-20(26-21)22(27)24-15-14-17-6-3-2-4-7-17/h5-6,8-13H,2-4,7,14-16H2,1H3,(H,24,27)(H,25,28). The van der Waals surface area contributed by atoms with Crippen LogP contribution in [0.25, 0.3) is 0 Å². The minimum Gasteiger partial charge on any atom is -0.497 e. The Morgan fingerprint density at radius 1 is 1.00 bits per heavy atom. The molecule has 2 amide bonds. The Hall–Kier alpha value is -3.15. The summed E-state index contributed by atoms with van der Waals surface area (Å²) in [6.45, 7) is 0.955. The van der Waals surface area contributed by atoms with E-state index < -0.39 is 0 Å². The van der Waals surface area contributed by atoms with E-state index in [-0.39, 0.29) is 23.2 Å². The van der Waals surface area contributed by atoms with Crippen LogP contribution in [0.2, 0.25) is 0 Å². The van der Waals surface area contributed by atoms with Crippen LogP contribution >= 0.6 is 0 Å². The number of nitrogens with one attached hydrogen (secondary N) is 2. The molecule has 0 saturated heterocycles. The first-order valence-electron chi connectivity index (χ1n) is 10.00. The molecule has 0 aliphatic heterocycles. The van der Waals surface area contributed by atoms with Gasteiger partial charge in [-0.15, -0.1) is 0 Å². The molecular formula is C23H27N3O3. The molecule has 0 atom stereocenters. The molecule has 1 aromatic carbocycles. The number of hydrogen-bond acceptors (Lipinski definition) is 4. The highest BCUT2D eigenvalue weighted by molar-refractivity contribution is 5.96. The number of carbonyl (C=O) groups excluding carboxylic acids is 2. The van der Waals surface area contributed by atoms with Gasteiger partial charge in [0, 0.05) is 13.1 Å². The van der Waals surface area contributed by atoms with Crippen molar-refractivity contribution < 1.29 is 14.3 Å². The van der Waals surface area contributed by atoms with Crippen molar-refractivity contribution in [1.29, 1.82) is 0 Å². The summed E-state index contributed by atoms with van der Waals surface area (Å²) in [6, 6.07) is 12.4. The van der Waals surface area contributed by atoms with Crippen LogP contribution in [0.1, 0.15) is 58.6 Å². The predicted octanol–water partition coefficient (Wildman–Crippen LogP) is 3.64. The molecular weight excluding hydrogens is 366 g/mol. The molecule has 0 radical (unpaired) electrons. The molecule has 0 saturated carbocycles. The highest BCUT2D eigenvalue weighted by atomic mass is 16.5. The van der Waals surface area contributed by atoms with Crippen LogP contribution < -0.4 is 15.4 Å². The Balaban J connectivity index is 1.51. The van der Waals surface area contributed by atoms with Gasteiger partial charge in [-0.3, -0.25) is 9.59 Å². The lowest BCUT2D eigenvalue weighted by Gasteiger charge is -2.13. The molecule has 6 heteroatoms. The third-order valence-electron chi connectivity index (χ3n) is 4.94. The van der Waals surface area contributed by atoms with Gasteiger partial charge in [0.05, 0.1) is 7.11 Å². The lowest BCUT2D eigenvalue weighted by atomic mass is 9.97. The van der Waals surface area contributed by atoms with Gasteiger partial charge < -0.3 is 15.4 Å². The van der Waals surface area contributed by atoms with E-state index in [4.69, 9.17) is 4.74 Å². The minimum atomic E-state index is -0.317. The lowest BCUT2D eigenvalue weighted by molar-refractivity contribution is 0.0943. The van der Waals surface area contributed by atoms with Crippen LogP contribution in [0.4, 0.5) is 0 Å². The van der Waals surface area contributed by atoms with Crippen LogP contribution in [-0.4, -0.2) is 30.5 Å². The highest BCUT2D eigenvalue weighted by Gasteiger charge is 2.12. The number of amides is 2. The van der Waals surface area contributed by atoms with Crippen molar-refractivity contribution in [2.24, 2.45) is 0 Å². The number of ether oxygens (including phenoxy) is 1. The molecule has 3 rings (SSSR count). The van der Waals surface area contributed by atoms with Crippen LogP contribution in [-0.2, 0) is 6.54 Å².